The Hall–Kier alpha value is -2.02. The number of hydrogen-bond acceptors (Lipinski definition) is 4. The third kappa shape index (κ3) is 3.19. The van der Waals surface area contributed by atoms with Crippen LogP contribution < -0.4 is 11.1 Å². The van der Waals surface area contributed by atoms with Gasteiger partial charge in [-0.3, -0.25) is 0 Å². The van der Waals surface area contributed by atoms with Gasteiger partial charge in [-0.2, -0.15) is 18.2 Å². The lowest BCUT2D eigenvalue weighted by molar-refractivity contribution is -0.137. The molecule has 0 fully saturated rings. The number of nitrogens with one attached hydrogen (secondary N) is 1. The van der Waals surface area contributed by atoms with Crippen molar-refractivity contribution in [1.82, 2.24) is 9.97 Å². The van der Waals surface area contributed by atoms with Gasteiger partial charge < -0.3 is 11.1 Å². The lowest BCUT2D eigenvalue weighted by atomic mass is 10.0. The van der Waals surface area contributed by atoms with E-state index in [2.05, 4.69) is 15.3 Å². The molecule has 0 aliphatic carbocycles. The zero-order chi connectivity index (χ0) is 16.6. The van der Waals surface area contributed by atoms with Crippen LogP contribution in [0.15, 0.2) is 18.2 Å². The van der Waals surface area contributed by atoms with E-state index in [0.717, 1.165) is 31.0 Å². The summed E-state index contributed by atoms with van der Waals surface area (Å²) in [6.07, 6.45) is -1.99. The molecular weight excluding hydrogens is 329 g/mol. The van der Waals surface area contributed by atoms with Crippen LogP contribution in [0.2, 0.25) is 5.02 Å². The molecule has 0 saturated carbocycles. The van der Waals surface area contributed by atoms with Crippen molar-refractivity contribution in [1.29, 1.82) is 0 Å². The largest absolute Gasteiger partial charge is 0.417 e. The summed E-state index contributed by atoms with van der Waals surface area (Å²) in [4.78, 5) is 8.32. The van der Waals surface area contributed by atoms with Crippen molar-refractivity contribution >= 4 is 23.4 Å². The number of nitrogens with two attached hydrogens (primary N) is 1. The molecule has 3 rings (SSSR count). The molecule has 0 spiro atoms. The molecule has 1 aromatic carbocycles. The minimum absolute atomic E-state index is 0.0247. The summed E-state index contributed by atoms with van der Waals surface area (Å²) in [6, 6.07) is 3.76. The molecule has 0 atom stereocenters. The van der Waals surface area contributed by atoms with E-state index < -0.39 is 11.7 Å². The van der Waals surface area contributed by atoms with Gasteiger partial charge in [0.05, 0.1) is 16.3 Å². The van der Waals surface area contributed by atoms with Gasteiger partial charge in [0.1, 0.15) is 5.82 Å². The fourth-order valence-corrected chi connectivity index (χ4v) is 2.87. The van der Waals surface area contributed by atoms with Gasteiger partial charge in [0.15, 0.2) is 0 Å². The quantitative estimate of drug-likeness (QED) is 0.817. The Morgan fingerprint density at radius 2 is 1.96 bits per heavy atom. The van der Waals surface area contributed by atoms with Gasteiger partial charge in [-0.05, 0) is 31.4 Å². The number of hydrogen-bond donors (Lipinski definition) is 2. The molecule has 0 amide bonds. The Bertz CT molecular complexity index is 746. The third-order valence-electron chi connectivity index (χ3n) is 3.72. The molecule has 0 radical (unpaired) electrons. The Labute approximate surface area is 135 Å². The van der Waals surface area contributed by atoms with Gasteiger partial charge in [0.2, 0.25) is 5.95 Å². The van der Waals surface area contributed by atoms with E-state index in [4.69, 9.17) is 17.3 Å². The number of alkyl halides is 3. The first-order valence-corrected chi connectivity index (χ1v) is 7.51. The first-order valence-electron chi connectivity index (χ1n) is 7.13. The molecule has 23 heavy (non-hydrogen) atoms. The maximum absolute atomic E-state index is 13.1. The first-order chi connectivity index (χ1) is 10.9. The molecule has 1 aliphatic rings. The number of rotatable bonds is 1. The van der Waals surface area contributed by atoms with Crippen molar-refractivity contribution in [3.8, 4) is 11.3 Å². The maximum atomic E-state index is 13.1. The van der Waals surface area contributed by atoms with E-state index in [9.17, 15) is 13.2 Å². The van der Waals surface area contributed by atoms with Crippen molar-refractivity contribution in [3.05, 3.63) is 34.3 Å². The van der Waals surface area contributed by atoms with Crippen LogP contribution in [-0.4, -0.2) is 16.5 Å². The molecule has 2 aromatic rings. The summed E-state index contributed by atoms with van der Waals surface area (Å²) in [5.41, 5.74) is 6.36. The minimum atomic E-state index is -4.53. The molecule has 4 nitrogen and oxygen atoms in total. The minimum Gasteiger partial charge on any atom is -0.370 e. The number of nitrogen functional groups attached to an aromatic ring is 1. The molecule has 8 heteroatoms. The fourth-order valence-electron chi connectivity index (χ4n) is 2.65. The molecule has 122 valence electrons. The van der Waals surface area contributed by atoms with Crippen LogP contribution in [0.4, 0.5) is 24.9 Å². The van der Waals surface area contributed by atoms with Crippen molar-refractivity contribution in [3.63, 3.8) is 0 Å². The van der Waals surface area contributed by atoms with Gasteiger partial charge in [0, 0.05) is 17.7 Å². The highest BCUT2D eigenvalue weighted by molar-refractivity contribution is 6.31. The average Bonchev–Trinajstić information content (AvgIpc) is 2.71. The maximum Gasteiger partial charge on any atom is 0.417 e. The second-order valence-corrected chi connectivity index (χ2v) is 5.74. The van der Waals surface area contributed by atoms with E-state index in [1.54, 1.807) is 0 Å². The van der Waals surface area contributed by atoms with Crippen LogP contribution in [0.3, 0.4) is 0 Å². The number of fused-ring (bicyclic) bond motifs is 1. The van der Waals surface area contributed by atoms with Crippen molar-refractivity contribution in [2.45, 2.75) is 25.4 Å². The van der Waals surface area contributed by atoms with Crippen LogP contribution >= 0.6 is 11.6 Å². The van der Waals surface area contributed by atoms with Crippen LogP contribution in [0.25, 0.3) is 11.3 Å². The summed E-state index contributed by atoms with van der Waals surface area (Å²) in [7, 11) is 0. The van der Waals surface area contributed by atoms with Crippen molar-refractivity contribution < 1.29 is 13.2 Å². The summed E-state index contributed by atoms with van der Waals surface area (Å²) < 4.78 is 39.2. The monoisotopic (exact) mass is 342 g/mol. The van der Waals surface area contributed by atoms with E-state index in [1.807, 2.05) is 0 Å². The Kier molecular flexibility index (Phi) is 4.06. The van der Waals surface area contributed by atoms with E-state index >= 15 is 0 Å². The predicted octanol–water partition coefficient (Wildman–Crippen LogP) is 4.15. The highest BCUT2D eigenvalue weighted by Crippen LogP contribution is 2.38. The average molecular weight is 343 g/mol. The van der Waals surface area contributed by atoms with Gasteiger partial charge in [-0.1, -0.05) is 17.7 Å². The smallest absolute Gasteiger partial charge is 0.370 e. The number of benzene rings is 1. The normalized spacial score (nSPS) is 14.8. The molecule has 0 unspecified atom stereocenters. The van der Waals surface area contributed by atoms with Crippen LogP contribution in [0.1, 0.15) is 24.0 Å². The first kappa shape index (κ1) is 15.9. The van der Waals surface area contributed by atoms with E-state index in [1.165, 1.54) is 12.1 Å². The van der Waals surface area contributed by atoms with Crippen molar-refractivity contribution in [2.24, 2.45) is 0 Å². The third-order valence-corrected chi connectivity index (χ3v) is 4.05. The summed E-state index contributed by atoms with van der Waals surface area (Å²) in [6.45, 7) is 0.747. The second kappa shape index (κ2) is 5.88. The zero-order valence-corrected chi connectivity index (χ0v) is 12.8. The molecule has 3 N–H and O–H groups in total. The second-order valence-electron chi connectivity index (χ2n) is 5.33. The Morgan fingerprint density at radius 3 is 2.70 bits per heavy atom. The van der Waals surface area contributed by atoms with Crippen molar-refractivity contribution in [2.75, 3.05) is 17.6 Å². The molecular formula is C15H14ClF3N4. The Balaban J connectivity index is 2.17. The van der Waals surface area contributed by atoms with E-state index in [-0.39, 0.29) is 11.0 Å². The van der Waals surface area contributed by atoms with Gasteiger partial charge in [-0.25, -0.2) is 4.98 Å². The zero-order valence-electron chi connectivity index (χ0n) is 12.0. The number of halogens is 4. The number of nitrogens with zero attached hydrogens (tertiary/aromatic N) is 2. The Morgan fingerprint density at radius 1 is 1.17 bits per heavy atom. The van der Waals surface area contributed by atoms with Crippen LogP contribution in [0.5, 0.6) is 0 Å². The summed E-state index contributed by atoms with van der Waals surface area (Å²) in [5.74, 6) is 0.616. The lowest BCUT2D eigenvalue weighted by Crippen LogP contribution is -2.09. The standard InChI is InChI=1S/C15H14ClF3N4/c16-11-5-4-8(7-10(11)15(17,18)19)12-9-3-1-2-6-21-13(9)23-14(20)22-12/h4-5,7H,1-3,6H2,(H3,20,21,22,23). The SMILES string of the molecule is Nc1nc2c(c(-c3ccc(Cl)c(C(F)(F)F)c3)n1)CCCCN2. The number of aromatic nitrogens is 2. The molecule has 1 aromatic heterocycles. The summed E-state index contributed by atoms with van der Waals surface area (Å²) in [5, 5.41) is 2.81. The van der Waals surface area contributed by atoms with Gasteiger partial charge in [-0.15, -0.1) is 0 Å². The molecule has 0 bridgehead atoms. The van der Waals surface area contributed by atoms with Gasteiger partial charge >= 0.3 is 6.18 Å². The topological polar surface area (TPSA) is 63.8 Å². The molecule has 0 saturated heterocycles. The predicted molar refractivity (Wildman–Crippen MR) is 83.3 cm³/mol. The fraction of sp³-hybridized carbons (Fsp3) is 0.333. The van der Waals surface area contributed by atoms with Crippen LogP contribution in [0, 0.1) is 0 Å². The van der Waals surface area contributed by atoms with E-state index in [0.29, 0.717) is 23.5 Å². The lowest BCUT2D eigenvalue weighted by Gasteiger charge is -2.15. The highest BCUT2D eigenvalue weighted by Gasteiger charge is 2.33. The molecule has 1 aliphatic heterocycles. The molecule has 2 heterocycles. The highest BCUT2D eigenvalue weighted by atomic mass is 35.5. The van der Waals surface area contributed by atoms with Crippen LogP contribution in [-0.2, 0) is 12.6 Å². The number of anilines is 2. The van der Waals surface area contributed by atoms with Gasteiger partial charge in [0.25, 0.3) is 0 Å². The summed E-state index contributed by atoms with van der Waals surface area (Å²) >= 11 is 5.68.